The highest BCUT2D eigenvalue weighted by molar-refractivity contribution is 4.85. The molecule has 1 saturated heterocycles. The van der Waals surface area contributed by atoms with Crippen molar-refractivity contribution in [1.29, 1.82) is 0 Å². The van der Waals surface area contributed by atoms with Crippen LogP contribution in [0.25, 0.3) is 0 Å². The number of rotatable bonds is 1. The number of ether oxygens (including phenoxy) is 2. The first kappa shape index (κ1) is 11.4. The van der Waals surface area contributed by atoms with Crippen molar-refractivity contribution in [1.82, 2.24) is 0 Å². The molecular weight excluding hydrogens is 192 g/mol. The SMILES string of the molecule is CC1(C)COC2(CCC(CO)CC2)OC1. The van der Waals surface area contributed by atoms with Gasteiger partial charge in [0.1, 0.15) is 0 Å². The second kappa shape index (κ2) is 4.04. The molecule has 0 amide bonds. The third-order valence-corrected chi connectivity index (χ3v) is 3.58. The molecule has 0 radical (unpaired) electrons. The first-order chi connectivity index (χ1) is 7.05. The highest BCUT2D eigenvalue weighted by Gasteiger charge is 2.42. The highest BCUT2D eigenvalue weighted by atomic mass is 16.7. The van der Waals surface area contributed by atoms with Crippen LogP contribution in [0.5, 0.6) is 0 Å². The summed E-state index contributed by atoms with van der Waals surface area (Å²) in [5.41, 5.74) is 0.152. The molecule has 1 aliphatic heterocycles. The van der Waals surface area contributed by atoms with E-state index in [1.165, 1.54) is 0 Å². The summed E-state index contributed by atoms with van der Waals surface area (Å²) in [7, 11) is 0. The Morgan fingerprint density at radius 3 is 2.13 bits per heavy atom. The third kappa shape index (κ3) is 2.52. The molecule has 3 heteroatoms. The highest BCUT2D eigenvalue weighted by Crippen LogP contribution is 2.40. The first-order valence-electron chi connectivity index (χ1n) is 5.94. The van der Waals surface area contributed by atoms with E-state index in [4.69, 9.17) is 14.6 Å². The lowest BCUT2D eigenvalue weighted by molar-refractivity contribution is -0.312. The van der Waals surface area contributed by atoms with Crippen LogP contribution in [0.1, 0.15) is 39.5 Å². The van der Waals surface area contributed by atoms with E-state index in [2.05, 4.69) is 13.8 Å². The van der Waals surface area contributed by atoms with Crippen molar-refractivity contribution in [3.63, 3.8) is 0 Å². The average molecular weight is 214 g/mol. The predicted octanol–water partition coefficient (Wildman–Crippen LogP) is 1.94. The molecular formula is C12H22O3. The Bertz CT molecular complexity index is 205. The van der Waals surface area contributed by atoms with Gasteiger partial charge in [0.05, 0.1) is 13.2 Å². The van der Waals surface area contributed by atoms with Gasteiger partial charge in [0.2, 0.25) is 0 Å². The maximum absolute atomic E-state index is 9.08. The topological polar surface area (TPSA) is 38.7 Å². The van der Waals surface area contributed by atoms with Gasteiger partial charge in [-0.25, -0.2) is 0 Å². The summed E-state index contributed by atoms with van der Waals surface area (Å²) in [6.07, 6.45) is 3.93. The number of hydrogen-bond donors (Lipinski definition) is 1. The van der Waals surface area contributed by atoms with Crippen LogP contribution < -0.4 is 0 Å². The van der Waals surface area contributed by atoms with E-state index in [0.717, 1.165) is 38.9 Å². The molecule has 0 atom stereocenters. The summed E-state index contributed by atoms with van der Waals surface area (Å²) >= 11 is 0. The smallest absolute Gasteiger partial charge is 0.168 e. The summed E-state index contributed by atoms with van der Waals surface area (Å²) in [5, 5.41) is 9.08. The van der Waals surface area contributed by atoms with Crippen LogP contribution in [0.3, 0.4) is 0 Å². The van der Waals surface area contributed by atoms with Crippen LogP contribution in [0.15, 0.2) is 0 Å². The lowest BCUT2D eigenvalue weighted by Crippen LogP contribution is -2.49. The number of aliphatic hydroxyl groups excluding tert-OH is 1. The molecule has 15 heavy (non-hydrogen) atoms. The minimum absolute atomic E-state index is 0.152. The molecule has 2 rings (SSSR count). The van der Waals surface area contributed by atoms with Crippen LogP contribution in [-0.4, -0.2) is 30.7 Å². The van der Waals surface area contributed by atoms with Crippen molar-refractivity contribution in [3.05, 3.63) is 0 Å². The lowest BCUT2D eigenvalue weighted by Gasteiger charge is -2.46. The predicted molar refractivity (Wildman–Crippen MR) is 57.5 cm³/mol. The normalized spacial score (nSPS) is 30.6. The van der Waals surface area contributed by atoms with Crippen molar-refractivity contribution in [2.45, 2.75) is 45.3 Å². The van der Waals surface area contributed by atoms with E-state index >= 15 is 0 Å². The Hall–Kier alpha value is -0.120. The van der Waals surface area contributed by atoms with E-state index in [9.17, 15) is 0 Å². The Kier molecular flexibility index (Phi) is 3.06. The molecule has 0 bridgehead atoms. The minimum atomic E-state index is -0.318. The molecule has 1 saturated carbocycles. The maximum Gasteiger partial charge on any atom is 0.168 e. The molecule has 88 valence electrons. The number of aliphatic hydroxyl groups is 1. The van der Waals surface area contributed by atoms with Gasteiger partial charge < -0.3 is 14.6 Å². The van der Waals surface area contributed by atoms with Crippen molar-refractivity contribution in [2.75, 3.05) is 19.8 Å². The monoisotopic (exact) mass is 214 g/mol. The molecule has 2 aliphatic rings. The quantitative estimate of drug-likeness (QED) is 0.725. The van der Waals surface area contributed by atoms with Gasteiger partial charge in [0.25, 0.3) is 0 Å². The van der Waals surface area contributed by atoms with Crippen molar-refractivity contribution < 1.29 is 14.6 Å². The summed E-state index contributed by atoms with van der Waals surface area (Å²) < 4.78 is 11.8. The zero-order chi connectivity index (χ0) is 10.9. The van der Waals surface area contributed by atoms with Gasteiger partial charge in [-0.15, -0.1) is 0 Å². The summed E-state index contributed by atoms with van der Waals surface area (Å²) in [6.45, 7) is 6.22. The lowest BCUT2D eigenvalue weighted by atomic mass is 9.84. The van der Waals surface area contributed by atoms with Gasteiger partial charge >= 0.3 is 0 Å². The van der Waals surface area contributed by atoms with Gasteiger partial charge in [0, 0.05) is 24.9 Å². The van der Waals surface area contributed by atoms with Crippen molar-refractivity contribution in [3.8, 4) is 0 Å². The second-order valence-electron chi connectivity index (χ2n) is 5.78. The van der Waals surface area contributed by atoms with Gasteiger partial charge in [0.15, 0.2) is 5.79 Å². The minimum Gasteiger partial charge on any atom is -0.396 e. The Balaban J connectivity index is 1.89. The summed E-state index contributed by atoms with van der Waals surface area (Å²) in [5.74, 6) is 0.138. The van der Waals surface area contributed by atoms with Crippen molar-refractivity contribution >= 4 is 0 Å². The fourth-order valence-electron chi connectivity index (χ4n) is 2.33. The van der Waals surface area contributed by atoms with E-state index in [1.807, 2.05) is 0 Å². The third-order valence-electron chi connectivity index (χ3n) is 3.58. The first-order valence-corrected chi connectivity index (χ1v) is 5.94. The molecule has 3 nitrogen and oxygen atoms in total. The molecule has 0 unspecified atom stereocenters. The van der Waals surface area contributed by atoms with E-state index < -0.39 is 0 Å². The van der Waals surface area contributed by atoms with E-state index in [1.54, 1.807) is 0 Å². The summed E-state index contributed by atoms with van der Waals surface area (Å²) in [6, 6.07) is 0. The van der Waals surface area contributed by atoms with Crippen LogP contribution >= 0.6 is 0 Å². The van der Waals surface area contributed by atoms with E-state index in [0.29, 0.717) is 12.5 Å². The zero-order valence-electron chi connectivity index (χ0n) is 9.79. The maximum atomic E-state index is 9.08. The van der Waals surface area contributed by atoms with Gasteiger partial charge in [-0.05, 0) is 18.8 Å². The van der Waals surface area contributed by atoms with Crippen LogP contribution in [-0.2, 0) is 9.47 Å². The Morgan fingerprint density at radius 1 is 1.13 bits per heavy atom. The molecule has 1 N–H and O–H groups in total. The molecule has 0 aromatic carbocycles. The number of hydrogen-bond acceptors (Lipinski definition) is 3. The molecule has 1 heterocycles. The summed E-state index contributed by atoms with van der Waals surface area (Å²) in [4.78, 5) is 0. The van der Waals surface area contributed by atoms with Crippen LogP contribution in [0, 0.1) is 11.3 Å². The molecule has 2 fully saturated rings. The van der Waals surface area contributed by atoms with Crippen LogP contribution in [0.2, 0.25) is 0 Å². The Labute approximate surface area is 91.8 Å². The molecule has 0 aromatic heterocycles. The zero-order valence-corrected chi connectivity index (χ0v) is 9.79. The van der Waals surface area contributed by atoms with Gasteiger partial charge in [-0.2, -0.15) is 0 Å². The average Bonchev–Trinajstić information content (AvgIpc) is 2.24. The standard InChI is InChI=1S/C12H22O3/c1-11(2)8-14-12(15-9-11)5-3-10(7-13)4-6-12/h10,13H,3-9H2,1-2H3. The fourth-order valence-corrected chi connectivity index (χ4v) is 2.33. The molecule has 1 aliphatic carbocycles. The second-order valence-corrected chi connectivity index (χ2v) is 5.78. The fraction of sp³-hybridized carbons (Fsp3) is 1.00. The molecule has 1 spiro atoms. The van der Waals surface area contributed by atoms with E-state index in [-0.39, 0.29) is 11.2 Å². The largest absolute Gasteiger partial charge is 0.396 e. The van der Waals surface area contributed by atoms with Gasteiger partial charge in [-0.1, -0.05) is 13.8 Å². The van der Waals surface area contributed by atoms with Crippen LogP contribution in [0.4, 0.5) is 0 Å². The van der Waals surface area contributed by atoms with Gasteiger partial charge in [-0.3, -0.25) is 0 Å². The molecule has 0 aromatic rings. The Morgan fingerprint density at radius 2 is 1.67 bits per heavy atom. The van der Waals surface area contributed by atoms with Crippen molar-refractivity contribution in [2.24, 2.45) is 11.3 Å².